The number of nitrogens with zero attached hydrogens (tertiary/aromatic N) is 1. The van der Waals surface area contributed by atoms with Gasteiger partial charge in [-0.2, -0.15) is 0 Å². The number of carbonyl (C=O) groups is 1. The first-order valence-electron chi connectivity index (χ1n) is 6.93. The van der Waals surface area contributed by atoms with E-state index in [1.54, 1.807) is 0 Å². The van der Waals surface area contributed by atoms with Gasteiger partial charge in [-0.3, -0.25) is 4.79 Å². The van der Waals surface area contributed by atoms with Crippen LogP contribution in [0.15, 0.2) is 24.3 Å². The molecule has 0 spiro atoms. The Kier molecular flexibility index (Phi) is 4.43. The molecule has 0 aliphatic carbocycles. The Labute approximate surface area is 114 Å². The first kappa shape index (κ1) is 13.9. The van der Waals surface area contributed by atoms with Crippen LogP contribution >= 0.6 is 0 Å². The van der Waals surface area contributed by atoms with E-state index in [0.29, 0.717) is 0 Å². The fourth-order valence-corrected chi connectivity index (χ4v) is 2.35. The van der Waals surface area contributed by atoms with Crippen LogP contribution in [-0.2, 0) is 4.79 Å². The maximum atomic E-state index is 12.2. The first-order chi connectivity index (χ1) is 9.11. The molecule has 1 atom stereocenters. The van der Waals surface area contributed by atoms with E-state index < -0.39 is 0 Å². The summed E-state index contributed by atoms with van der Waals surface area (Å²) >= 11 is 0. The molecule has 4 nitrogen and oxygen atoms in total. The van der Waals surface area contributed by atoms with Crippen molar-refractivity contribution >= 4 is 11.6 Å². The molecular formula is C15H22N2O2. The standard InChI is InChI=1S/C15H22N2O2/c1-4-16-14-9-10-17(15(14)18)12-5-7-13(8-6-12)19-11(2)3/h5-8,11,14,16H,4,9-10H2,1-3H3. The molecule has 1 unspecified atom stereocenters. The van der Waals surface area contributed by atoms with Gasteiger partial charge in [0, 0.05) is 12.2 Å². The van der Waals surface area contributed by atoms with Gasteiger partial charge in [0.1, 0.15) is 5.75 Å². The lowest BCUT2D eigenvalue weighted by Crippen LogP contribution is -2.38. The minimum Gasteiger partial charge on any atom is -0.491 e. The minimum absolute atomic E-state index is 0.0309. The number of ether oxygens (including phenoxy) is 1. The summed E-state index contributed by atoms with van der Waals surface area (Å²) in [5.41, 5.74) is 0.946. The van der Waals surface area contributed by atoms with Crippen molar-refractivity contribution in [2.75, 3.05) is 18.0 Å². The van der Waals surface area contributed by atoms with Crippen molar-refractivity contribution in [1.82, 2.24) is 5.32 Å². The molecule has 1 fully saturated rings. The predicted molar refractivity (Wildman–Crippen MR) is 76.6 cm³/mol. The summed E-state index contributed by atoms with van der Waals surface area (Å²) in [5, 5.41) is 3.22. The number of hydrogen-bond acceptors (Lipinski definition) is 3. The summed E-state index contributed by atoms with van der Waals surface area (Å²) in [6.07, 6.45) is 1.04. The van der Waals surface area contributed by atoms with Crippen LogP contribution in [0.2, 0.25) is 0 Å². The SMILES string of the molecule is CCNC1CCN(c2ccc(OC(C)C)cc2)C1=O. The Morgan fingerprint density at radius 1 is 1.37 bits per heavy atom. The number of likely N-dealkylation sites (N-methyl/N-ethyl adjacent to an activating group) is 1. The molecule has 19 heavy (non-hydrogen) atoms. The van der Waals surface area contributed by atoms with Crippen molar-refractivity contribution in [2.45, 2.75) is 39.3 Å². The van der Waals surface area contributed by atoms with Crippen molar-refractivity contribution in [3.8, 4) is 5.75 Å². The van der Waals surface area contributed by atoms with E-state index >= 15 is 0 Å². The highest BCUT2D eigenvalue weighted by molar-refractivity contribution is 5.99. The van der Waals surface area contributed by atoms with Crippen molar-refractivity contribution in [3.05, 3.63) is 24.3 Å². The molecule has 4 heteroatoms. The third kappa shape index (κ3) is 3.26. The number of amides is 1. The second-order valence-corrected chi connectivity index (χ2v) is 5.05. The summed E-state index contributed by atoms with van der Waals surface area (Å²) in [5.74, 6) is 1.01. The second kappa shape index (κ2) is 6.06. The summed E-state index contributed by atoms with van der Waals surface area (Å²) < 4.78 is 5.60. The Balaban J connectivity index is 2.04. The van der Waals surface area contributed by atoms with E-state index in [4.69, 9.17) is 4.74 Å². The van der Waals surface area contributed by atoms with Gasteiger partial charge >= 0.3 is 0 Å². The highest BCUT2D eigenvalue weighted by Gasteiger charge is 2.31. The molecule has 0 bridgehead atoms. The van der Waals surface area contributed by atoms with Crippen molar-refractivity contribution < 1.29 is 9.53 Å². The number of hydrogen-bond donors (Lipinski definition) is 1. The molecule has 0 radical (unpaired) electrons. The smallest absolute Gasteiger partial charge is 0.244 e. The molecule has 1 aliphatic heterocycles. The fourth-order valence-electron chi connectivity index (χ4n) is 2.35. The topological polar surface area (TPSA) is 41.6 Å². The van der Waals surface area contributed by atoms with Crippen LogP contribution in [0.25, 0.3) is 0 Å². The lowest BCUT2D eigenvalue weighted by atomic mass is 10.2. The van der Waals surface area contributed by atoms with Gasteiger partial charge in [0.05, 0.1) is 12.1 Å². The minimum atomic E-state index is -0.0309. The summed E-state index contributed by atoms with van der Waals surface area (Å²) in [7, 11) is 0. The maximum absolute atomic E-state index is 12.2. The lowest BCUT2D eigenvalue weighted by molar-refractivity contribution is -0.118. The molecule has 0 aromatic heterocycles. The average Bonchev–Trinajstić information content (AvgIpc) is 2.72. The Morgan fingerprint density at radius 3 is 2.63 bits per heavy atom. The highest BCUT2D eigenvalue weighted by Crippen LogP contribution is 2.24. The van der Waals surface area contributed by atoms with E-state index in [9.17, 15) is 4.79 Å². The highest BCUT2D eigenvalue weighted by atomic mass is 16.5. The van der Waals surface area contributed by atoms with Gasteiger partial charge in [0.2, 0.25) is 5.91 Å². The van der Waals surface area contributed by atoms with E-state index in [1.807, 2.05) is 49.9 Å². The van der Waals surface area contributed by atoms with Gasteiger partial charge in [-0.15, -0.1) is 0 Å². The largest absolute Gasteiger partial charge is 0.491 e. The van der Waals surface area contributed by atoms with E-state index in [0.717, 1.165) is 30.9 Å². The molecule has 0 saturated carbocycles. The summed E-state index contributed by atoms with van der Waals surface area (Å²) in [4.78, 5) is 14.0. The molecule has 1 aliphatic rings. The second-order valence-electron chi connectivity index (χ2n) is 5.05. The molecule has 1 aromatic rings. The number of rotatable bonds is 5. The predicted octanol–water partition coefficient (Wildman–Crippen LogP) is 2.19. The molecule has 2 rings (SSSR count). The van der Waals surface area contributed by atoms with Crippen LogP contribution in [0.5, 0.6) is 5.75 Å². The molecule has 1 saturated heterocycles. The van der Waals surface area contributed by atoms with Crippen LogP contribution in [-0.4, -0.2) is 31.1 Å². The number of nitrogens with one attached hydrogen (secondary N) is 1. The Hall–Kier alpha value is -1.55. The lowest BCUT2D eigenvalue weighted by Gasteiger charge is -2.18. The normalized spacial score (nSPS) is 19.3. The van der Waals surface area contributed by atoms with Crippen molar-refractivity contribution in [2.24, 2.45) is 0 Å². The van der Waals surface area contributed by atoms with Crippen LogP contribution in [0.1, 0.15) is 27.2 Å². The van der Waals surface area contributed by atoms with Gasteiger partial charge in [-0.25, -0.2) is 0 Å². The number of carbonyl (C=O) groups excluding carboxylic acids is 1. The van der Waals surface area contributed by atoms with E-state index in [2.05, 4.69) is 5.32 Å². The maximum Gasteiger partial charge on any atom is 0.244 e. The summed E-state index contributed by atoms with van der Waals surface area (Å²) in [6.45, 7) is 7.62. The monoisotopic (exact) mass is 262 g/mol. The van der Waals surface area contributed by atoms with E-state index in [-0.39, 0.29) is 18.1 Å². The molecule has 104 valence electrons. The molecular weight excluding hydrogens is 240 g/mol. The van der Waals surface area contributed by atoms with Crippen molar-refractivity contribution in [1.29, 1.82) is 0 Å². The number of benzene rings is 1. The quantitative estimate of drug-likeness (QED) is 0.884. The number of anilines is 1. The summed E-state index contributed by atoms with van der Waals surface area (Å²) in [6, 6.07) is 7.71. The molecule has 1 amide bonds. The third-order valence-corrected chi connectivity index (χ3v) is 3.18. The zero-order valence-corrected chi connectivity index (χ0v) is 11.8. The Morgan fingerprint density at radius 2 is 2.05 bits per heavy atom. The van der Waals surface area contributed by atoms with Crippen LogP contribution in [0, 0.1) is 0 Å². The van der Waals surface area contributed by atoms with Crippen LogP contribution in [0.4, 0.5) is 5.69 Å². The third-order valence-electron chi connectivity index (χ3n) is 3.18. The van der Waals surface area contributed by atoms with Crippen LogP contribution in [0.3, 0.4) is 0 Å². The molecule has 1 N–H and O–H groups in total. The molecule has 1 heterocycles. The zero-order valence-electron chi connectivity index (χ0n) is 11.8. The van der Waals surface area contributed by atoms with Gasteiger partial charge in [-0.05, 0) is 51.1 Å². The van der Waals surface area contributed by atoms with Gasteiger partial charge in [0.15, 0.2) is 0 Å². The zero-order chi connectivity index (χ0) is 13.8. The average molecular weight is 262 g/mol. The van der Waals surface area contributed by atoms with Gasteiger partial charge in [0.25, 0.3) is 0 Å². The fraction of sp³-hybridized carbons (Fsp3) is 0.533. The molecule has 1 aromatic carbocycles. The first-order valence-corrected chi connectivity index (χ1v) is 6.93. The van der Waals surface area contributed by atoms with E-state index in [1.165, 1.54) is 0 Å². The van der Waals surface area contributed by atoms with Gasteiger partial charge in [-0.1, -0.05) is 6.92 Å². The van der Waals surface area contributed by atoms with Gasteiger partial charge < -0.3 is 15.0 Å². The Bertz CT molecular complexity index is 428. The van der Waals surface area contributed by atoms with Crippen molar-refractivity contribution in [3.63, 3.8) is 0 Å². The van der Waals surface area contributed by atoms with Crippen LogP contribution < -0.4 is 15.0 Å².